The number of fused-ring (bicyclic) bond motifs is 1. The molecule has 2 rings (SSSR count). The molecule has 0 fully saturated rings. The van der Waals surface area contributed by atoms with E-state index >= 15 is 0 Å². The molecule has 0 amide bonds. The molecule has 0 spiro atoms. The Hall–Kier alpha value is -2.09. The van der Waals surface area contributed by atoms with E-state index < -0.39 is 0 Å². The van der Waals surface area contributed by atoms with Crippen LogP contribution in [0.5, 0.6) is 0 Å². The summed E-state index contributed by atoms with van der Waals surface area (Å²) in [6, 6.07) is 2.24. The highest BCUT2D eigenvalue weighted by molar-refractivity contribution is 5.60. The SMILES string of the molecule is CCCCc1c(CCCC)c(=O)n2[nH]cnc2c1C#N. The van der Waals surface area contributed by atoms with E-state index in [1.165, 1.54) is 10.8 Å². The lowest BCUT2D eigenvalue weighted by Crippen LogP contribution is -2.23. The number of nitrogens with one attached hydrogen (secondary N) is 1. The van der Waals surface area contributed by atoms with Crippen molar-refractivity contribution in [3.05, 3.63) is 33.4 Å². The number of H-pyrrole nitrogens is 1. The second kappa shape index (κ2) is 6.38. The number of aromatic amines is 1. The predicted octanol–water partition coefficient (Wildman–Crippen LogP) is 2.58. The van der Waals surface area contributed by atoms with Gasteiger partial charge in [-0.2, -0.15) is 9.78 Å². The molecule has 5 heteroatoms. The minimum atomic E-state index is -0.0592. The predicted molar refractivity (Wildman–Crippen MR) is 77.8 cm³/mol. The highest BCUT2D eigenvalue weighted by Crippen LogP contribution is 2.19. The number of rotatable bonds is 6. The standard InChI is InChI=1S/C15H20N4O/c1-3-5-7-11-12(8-6-4-2)15(20)19-14(13(11)9-16)17-10-18-19/h10H,3-8H2,1-2H3,(H,17,18). The molecule has 0 unspecified atom stereocenters. The van der Waals surface area contributed by atoms with Gasteiger partial charge in [0.15, 0.2) is 5.65 Å². The Morgan fingerprint density at radius 1 is 1.25 bits per heavy atom. The molecule has 0 aromatic carbocycles. The molecule has 1 N–H and O–H groups in total. The molecule has 5 nitrogen and oxygen atoms in total. The average molecular weight is 272 g/mol. The third kappa shape index (κ3) is 2.46. The van der Waals surface area contributed by atoms with E-state index in [2.05, 4.69) is 30.0 Å². The van der Waals surface area contributed by atoms with Crippen LogP contribution in [-0.2, 0) is 12.8 Å². The molecule has 2 heterocycles. The van der Waals surface area contributed by atoms with Crippen molar-refractivity contribution >= 4 is 5.65 Å². The third-order valence-corrected chi connectivity index (χ3v) is 3.61. The van der Waals surface area contributed by atoms with E-state index in [9.17, 15) is 10.1 Å². The quantitative estimate of drug-likeness (QED) is 0.878. The van der Waals surface area contributed by atoms with E-state index in [4.69, 9.17) is 0 Å². The van der Waals surface area contributed by atoms with Crippen molar-refractivity contribution in [2.45, 2.75) is 52.4 Å². The first-order valence-electron chi connectivity index (χ1n) is 7.24. The van der Waals surface area contributed by atoms with Gasteiger partial charge in [0.1, 0.15) is 18.0 Å². The highest BCUT2D eigenvalue weighted by Gasteiger charge is 2.18. The van der Waals surface area contributed by atoms with Gasteiger partial charge >= 0.3 is 0 Å². The lowest BCUT2D eigenvalue weighted by atomic mass is 9.95. The molecule has 0 aliphatic rings. The van der Waals surface area contributed by atoms with E-state index in [1.54, 1.807) is 0 Å². The van der Waals surface area contributed by atoms with Crippen molar-refractivity contribution in [2.24, 2.45) is 0 Å². The molecule has 20 heavy (non-hydrogen) atoms. The summed E-state index contributed by atoms with van der Waals surface area (Å²) in [5.41, 5.74) is 2.61. The van der Waals surface area contributed by atoms with Crippen LogP contribution < -0.4 is 5.56 Å². The van der Waals surface area contributed by atoms with Crippen molar-refractivity contribution in [3.63, 3.8) is 0 Å². The van der Waals surface area contributed by atoms with Gasteiger partial charge in [-0.1, -0.05) is 26.7 Å². The minimum Gasteiger partial charge on any atom is -0.279 e. The van der Waals surface area contributed by atoms with Gasteiger partial charge in [0.05, 0.1) is 0 Å². The van der Waals surface area contributed by atoms with Gasteiger partial charge in [0, 0.05) is 5.56 Å². The van der Waals surface area contributed by atoms with Crippen LogP contribution in [0.4, 0.5) is 0 Å². The monoisotopic (exact) mass is 272 g/mol. The highest BCUT2D eigenvalue weighted by atomic mass is 16.1. The number of unbranched alkanes of at least 4 members (excludes halogenated alkanes) is 2. The minimum absolute atomic E-state index is 0.0592. The van der Waals surface area contributed by atoms with E-state index in [0.29, 0.717) is 11.2 Å². The summed E-state index contributed by atoms with van der Waals surface area (Å²) in [5.74, 6) is 0. The molecule has 0 atom stereocenters. The van der Waals surface area contributed by atoms with Crippen molar-refractivity contribution in [2.75, 3.05) is 0 Å². The van der Waals surface area contributed by atoms with Crippen molar-refractivity contribution in [3.8, 4) is 6.07 Å². The summed E-state index contributed by atoms with van der Waals surface area (Å²) in [4.78, 5) is 16.7. The Kier molecular flexibility index (Phi) is 4.57. The number of hydrogen-bond donors (Lipinski definition) is 1. The molecule has 0 saturated heterocycles. The van der Waals surface area contributed by atoms with Crippen LogP contribution in [0.15, 0.2) is 11.1 Å². The molecular formula is C15H20N4O. The Labute approximate surface area is 118 Å². The fourth-order valence-corrected chi connectivity index (χ4v) is 2.51. The van der Waals surface area contributed by atoms with Crippen LogP contribution in [0.2, 0.25) is 0 Å². The van der Waals surface area contributed by atoms with Crippen LogP contribution in [0.1, 0.15) is 56.2 Å². The zero-order valence-electron chi connectivity index (χ0n) is 12.1. The van der Waals surface area contributed by atoms with Crippen molar-refractivity contribution in [1.82, 2.24) is 14.6 Å². The molecule has 106 valence electrons. The van der Waals surface area contributed by atoms with Crippen molar-refractivity contribution < 1.29 is 0 Å². The molecule has 2 aromatic rings. The summed E-state index contributed by atoms with van der Waals surface area (Å²) >= 11 is 0. The summed E-state index contributed by atoms with van der Waals surface area (Å²) in [5, 5.41) is 12.3. The topological polar surface area (TPSA) is 73.9 Å². The first kappa shape index (κ1) is 14.3. The lowest BCUT2D eigenvalue weighted by Gasteiger charge is -2.11. The first-order chi connectivity index (χ1) is 9.74. The van der Waals surface area contributed by atoms with Gasteiger partial charge in [-0.05, 0) is 31.2 Å². The molecule has 0 radical (unpaired) electrons. The maximum atomic E-state index is 12.5. The van der Waals surface area contributed by atoms with Gasteiger partial charge in [-0.3, -0.25) is 9.89 Å². The fourth-order valence-electron chi connectivity index (χ4n) is 2.51. The molecular weight excluding hydrogens is 252 g/mol. The molecule has 2 aromatic heterocycles. The zero-order valence-corrected chi connectivity index (χ0v) is 12.1. The zero-order chi connectivity index (χ0) is 14.5. The summed E-state index contributed by atoms with van der Waals surface area (Å²) in [6.45, 7) is 4.21. The van der Waals surface area contributed by atoms with Gasteiger partial charge in [0.2, 0.25) is 0 Å². The van der Waals surface area contributed by atoms with Gasteiger partial charge in [0.25, 0.3) is 5.56 Å². The normalized spacial score (nSPS) is 10.8. The van der Waals surface area contributed by atoms with Gasteiger partial charge in [-0.25, -0.2) is 4.98 Å². The van der Waals surface area contributed by atoms with Crippen LogP contribution in [0, 0.1) is 11.3 Å². The maximum Gasteiger partial charge on any atom is 0.274 e. The number of pyridine rings is 1. The van der Waals surface area contributed by atoms with Crippen molar-refractivity contribution in [1.29, 1.82) is 5.26 Å². The van der Waals surface area contributed by atoms with Crippen LogP contribution in [0.3, 0.4) is 0 Å². The smallest absolute Gasteiger partial charge is 0.274 e. The molecule has 0 saturated carbocycles. The Morgan fingerprint density at radius 3 is 2.50 bits per heavy atom. The van der Waals surface area contributed by atoms with Gasteiger partial charge < -0.3 is 0 Å². The Balaban J connectivity index is 2.67. The number of nitrogens with zero attached hydrogens (tertiary/aromatic N) is 3. The molecule has 0 aliphatic heterocycles. The number of hydrogen-bond acceptors (Lipinski definition) is 3. The molecule has 0 aliphatic carbocycles. The Morgan fingerprint density at radius 2 is 1.90 bits per heavy atom. The maximum absolute atomic E-state index is 12.5. The Bertz CT molecular complexity index is 690. The number of nitriles is 1. The summed E-state index contributed by atoms with van der Waals surface area (Å²) in [6.07, 6.45) is 6.97. The fraction of sp³-hybridized carbons (Fsp3) is 0.533. The molecule has 0 bridgehead atoms. The average Bonchev–Trinajstić information content (AvgIpc) is 2.94. The second-order valence-corrected chi connectivity index (χ2v) is 5.00. The largest absolute Gasteiger partial charge is 0.279 e. The van der Waals surface area contributed by atoms with Crippen LogP contribution in [-0.4, -0.2) is 14.6 Å². The van der Waals surface area contributed by atoms with Crippen LogP contribution in [0.25, 0.3) is 5.65 Å². The first-order valence-corrected chi connectivity index (χ1v) is 7.24. The second-order valence-electron chi connectivity index (χ2n) is 5.00. The third-order valence-electron chi connectivity index (χ3n) is 3.61. The van der Waals surface area contributed by atoms with Gasteiger partial charge in [-0.15, -0.1) is 0 Å². The van der Waals surface area contributed by atoms with E-state index in [1.807, 2.05) is 0 Å². The van der Waals surface area contributed by atoms with E-state index in [-0.39, 0.29) is 5.56 Å². The lowest BCUT2D eigenvalue weighted by molar-refractivity contribution is 0.738. The summed E-state index contributed by atoms with van der Waals surface area (Å²) < 4.78 is 1.39. The van der Waals surface area contributed by atoms with E-state index in [0.717, 1.165) is 49.7 Å². The van der Waals surface area contributed by atoms with Crippen LogP contribution >= 0.6 is 0 Å². The number of aromatic nitrogens is 3. The summed E-state index contributed by atoms with van der Waals surface area (Å²) in [7, 11) is 0.